The Morgan fingerprint density at radius 3 is 2.67 bits per heavy atom. The van der Waals surface area contributed by atoms with Crippen LogP contribution < -0.4 is 0 Å². The number of carboxylic acid groups (broad SMARTS) is 1. The third-order valence-corrected chi connectivity index (χ3v) is 3.35. The van der Waals surface area contributed by atoms with E-state index in [1.165, 1.54) is 0 Å². The number of carbonyl (C=O) groups is 1. The van der Waals surface area contributed by atoms with Gasteiger partial charge in [0.15, 0.2) is 0 Å². The Morgan fingerprint density at radius 1 is 1.39 bits per heavy atom. The first-order chi connectivity index (χ1) is 8.58. The second-order valence-electron chi connectivity index (χ2n) is 4.42. The van der Waals surface area contributed by atoms with Crippen LogP contribution in [0, 0.1) is 0 Å². The van der Waals surface area contributed by atoms with Crippen LogP contribution in [0.15, 0.2) is 18.2 Å². The lowest BCUT2D eigenvalue weighted by molar-refractivity contribution is -0.136. The van der Waals surface area contributed by atoms with Crippen molar-refractivity contribution < 1.29 is 15.0 Å². The summed E-state index contributed by atoms with van der Waals surface area (Å²) in [5.41, 5.74) is 3.72. The van der Waals surface area contributed by atoms with Crippen LogP contribution in [0.3, 0.4) is 0 Å². The van der Waals surface area contributed by atoms with Gasteiger partial charge < -0.3 is 14.8 Å². The minimum absolute atomic E-state index is 0.0232. The lowest BCUT2D eigenvalue weighted by Crippen LogP contribution is -2.04. The van der Waals surface area contributed by atoms with E-state index in [2.05, 4.69) is 0 Å². The topological polar surface area (TPSA) is 62.5 Å². The number of hydrogen-bond acceptors (Lipinski definition) is 2. The van der Waals surface area contributed by atoms with E-state index in [0.717, 1.165) is 34.1 Å². The number of fused-ring (bicyclic) bond motifs is 1. The summed E-state index contributed by atoms with van der Waals surface area (Å²) in [6.45, 7) is 1.99. The Morgan fingerprint density at radius 2 is 2.11 bits per heavy atom. The third kappa shape index (κ3) is 1.99. The minimum Gasteiger partial charge on any atom is -0.481 e. The Bertz CT molecular complexity index is 599. The van der Waals surface area contributed by atoms with Crippen molar-refractivity contribution in [1.82, 2.24) is 4.57 Å². The quantitative estimate of drug-likeness (QED) is 0.866. The van der Waals surface area contributed by atoms with Gasteiger partial charge in [-0.25, -0.2) is 0 Å². The van der Waals surface area contributed by atoms with Gasteiger partial charge in [0.2, 0.25) is 0 Å². The molecule has 1 aromatic carbocycles. The molecule has 0 saturated heterocycles. The van der Waals surface area contributed by atoms with Crippen LogP contribution in [0.2, 0.25) is 0 Å². The van der Waals surface area contributed by atoms with Crippen LogP contribution in [0.1, 0.15) is 23.7 Å². The van der Waals surface area contributed by atoms with Gasteiger partial charge in [0.1, 0.15) is 0 Å². The van der Waals surface area contributed by atoms with E-state index < -0.39 is 5.97 Å². The van der Waals surface area contributed by atoms with Crippen molar-refractivity contribution in [2.45, 2.75) is 26.4 Å². The lowest BCUT2D eigenvalue weighted by Gasteiger charge is -2.02. The predicted octanol–water partition coefficient (Wildman–Crippen LogP) is 1.86. The summed E-state index contributed by atoms with van der Waals surface area (Å²) >= 11 is 0. The first-order valence-electron chi connectivity index (χ1n) is 6.00. The largest absolute Gasteiger partial charge is 0.481 e. The Balaban J connectivity index is 2.73. The summed E-state index contributed by atoms with van der Waals surface area (Å²) in [5, 5.41) is 19.1. The summed E-state index contributed by atoms with van der Waals surface area (Å²) in [4.78, 5) is 11.0. The van der Waals surface area contributed by atoms with Crippen LogP contribution in [-0.2, 0) is 31.3 Å². The zero-order chi connectivity index (χ0) is 13.3. The zero-order valence-corrected chi connectivity index (χ0v) is 10.6. The molecule has 4 nitrogen and oxygen atoms in total. The second kappa shape index (κ2) is 4.82. The maximum Gasteiger partial charge on any atom is 0.307 e. The Kier molecular flexibility index (Phi) is 3.39. The number of nitrogens with zero attached hydrogens (tertiary/aromatic N) is 1. The molecule has 0 unspecified atom stereocenters. The van der Waals surface area contributed by atoms with Gasteiger partial charge in [0.05, 0.1) is 13.0 Å². The first kappa shape index (κ1) is 12.6. The molecule has 0 spiro atoms. The van der Waals surface area contributed by atoms with Crippen molar-refractivity contribution in [3.05, 3.63) is 35.0 Å². The van der Waals surface area contributed by atoms with E-state index in [-0.39, 0.29) is 13.0 Å². The smallest absolute Gasteiger partial charge is 0.307 e. The van der Waals surface area contributed by atoms with Crippen LogP contribution >= 0.6 is 0 Å². The van der Waals surface area contributed by atoms with Crippen LogP contribution in [0.4, 0.5) is 0 Å². The fourth-order valence-corrected chi connectivity index (χ4v) is 2.52. The number of aromatic nitrogens is 1. The van der Waals surface area contributed by atoms with E-state index in [1.54, 1.807) is 0 Å². The molecule has 0 aliphatic rings. The summed E-state index contributed by atoms with van der Waals surface area (Å²) < 4.78 is 2.04. The molecule has 1 aromatic heterocycles. The van der Waals surface area contributed by atoms with Crippen molar-refractivity contribution in [3.8, 4) is 0 Å². The molecular formula is C14H17NO3. The molecule has 2 N–H and O–H groups in total. The fraction of sp³-hybridized carbons (Fsp3) is 0.357. The monoisotopic (exact) mass is 247 g/mol. The molecule has 0 aliphatic heterocycles. The van der Waals surface area contributed by atoms with E-state index in [1.807, 2.05) is 36.7 Å². The van der Waals surface area contributed by atoms with E-state index in [0.29, 0.717) is 0 Å². The number of rotatable bonds is 4. The highest BCUT2D eigenvalue weighted by Gasteiger charge is 2.16. The molecule has 18 heavy (non-hydrogen) atoms. The highest BCUT2D eigenvalue weighted by molar-refractivity contribution is 5.89. The van der Waals surface area contributed by atoms with Gasteiger partial charge >= 0.3 is 5.97 Å². The fourth-order valence-electron chi connectivity index (χ4n) is 2.52. The Hall–Kier alpha value is -1.81. The van der Waals surface area contributed by atoms with Gasteiger partial charge in [-0.3, -0.25) is 4.79 Å². The highest BCUT2D eigenvalue weighted by atomic mass is 16.4. The van der Waals surface area contributed by atoms with Crippen molar-refractivity contribution in [3.63, 3.8) is 0 Å². The van der Waals surface area contributed by atoms with Gasteiger partial charge in [0.25, 0.3) is 0 Å². The van der Waals surface area contributed by atoms with Crippen molar-refractivity contribution in [1.29, 1.82) is 0 Å². The number of benzene rings is 1. The van der Waals surface area contributed by atoms with Crippen LogP contribution in [0.5, 0.6) is 0 Å². The summed E-state index contributed by atoms with van der Waals surface area (Å²) in [7, 11) is 1.95. The molecule has 0 amide bonds. The number of carboxylic acids is 1. The third-order valence-electron chi connectivity index (χ3n) is 3.35. The minimum atomic E-state index is -0.827. The lowest BCUT2D eigenvalue weighted by atomic mass is 10.0. The highest BCUT2D eigenvalue weighted by Crippen LogP contribution is 2.27. The van der Waals surface area contributed by atoms with E-state index in [9.17, 15) is 9.90 Å². The molecule has 1 heterocycles. The standard InChI is InChI=1S/C14H17NO3/c1-3-12-11(7-14(17)18)10-6-9(8-16)4-5-13(10)15(12)2/h4-6,16H,3,7-8H2,1-2H3,(H,17,18). The van der Waals surface area contributed by atoms with Gasteiger partial charge in [-0.1, -0.05) is 13.0 Å². The molecule has 0 atom stereocenters. The molecule has 0 radical (unpaired) electrons. The van der Waals surface area contributed by atoms with Crippen molar-refractivity contribution in [2.75, 3.05) is 0 Å². The van der Waals surface area contributed by atoms with E-state index in [4.69, 9.17) is 5.11 Å². The maximum absolute atomic E-state index is 11.0. The SMILES string of the molecule is CCc1c(CC(=O)O)c2cc(CO)ccc2n1C. The average Bonchev–Trinajstić information content (AvgIpc) is 2.61. The Labute approximate surface area is 105 Å². The molecule has 2 rings (SSSR count). The number of aliphatic hydroxyl groups is 1. The summed E-state index contributed by atoms with van der Waals surface area (Å²) in [6, 6.07) is 5.69. The first-order valence-corrected chi connectivity index (χ1v) is 6.00. The molecule has 4 heteroatoms. The van der Waals surface area contributed by atoms with Crippen LogP contribution in [-0.4, -0.2) is 20.7 Å². The maximum atomic E-state index is 11.0. The number of hydrogen-bond donors (Lipinski definition) is 2. The number of aryl methyl sites for hydroxylation is 1. The molecule has 96 valence electrons. The normalized spacial score (nSPS) is 11.1. The van der Waals surface area contributed by atoms with Gasteiger partial charge in [-0.05, 0) is 29.7 Å². The van der Waals surface area contributed by atoms with Gasteiger partial charge in [0, 0.05) is 23.6 Å². The van der Waals surface area contributed by atoms with Gasteiger partial charge in [-0.2, -0.15) is 0 Å². The summed E-state index contributed by atoms with van der Waals surface area (Å²) in [5.74, 6) is -0.827. The molecule has 0 aliphatic carbocycles. The van der Waals surface area contributed by atoms with Crippen molar-refractivity contribution in [2.24, 2.45) is 7.05 Å². The molecule has 0 bridgehead atoms. The average molecular weight is 247 g/mol. The second-order valence-corrected chi connectivity index (χ2v) is 4.42. The summed E-state index contributed by atoms with van der Waals surface area (Å²) in [6.07, 6.45) is 0.817. The predicted molar refractivity (Wildman–Crippen MR) is 69.6 cm³/mol. The van der Waals surface area contributed by atoms with Gasteiger partial charge in [-0.15, -0.1) is 0 Å². The molecular weight excluding hydrogens is 230 g/mol. The number of aliphatic hydroxyl groups excluding tert-OH is 1. The molecule has 0 fully saturated rings. The molecule has 2 aromatic rings. The number of aliphatic carboxylic acids is 1. The zero-order valence-electron chi connectivity index (χ0n) is 10.6. The molecule has 0 saturated carbocycles. The van der Waals surface area contributed by atoms with E-state index >= 15 is 0 Å². The van der Waals surface area contributed by atoms with Crippen LogP contribution in [0.25, 0.3) is 10.9 Å². The van der Waals surface area contributed by atoms with Crippen molar-refractivity contribution >= 4 is 16.9 Å².